The minimum absolute atomic E-state index is 0.189. The summed E-state index contributed by atoms with van der Waals surface area (Å²) in [4.78, 5) is 25.8. The molecule has 6 heteroatoms. The summed E-state index contributed by atoms with van der Waals surface area (Å²) >= 11 is 1.68. The first kappa shape index (κ1) is 16.1. The zero-order valence-electron chi connectivity index (χ0n) is 13.1. The van der Waals surface area contributed by atoms with E-state index >= 15 is 0 Å². The number of thioether (sulfide) groups is 1. The topological polar surface area (TPSA) is 67.8 Å². The smallest absolute Gasteiger partial charge is 0.254 e. The van der Waals surface area contributed by atoms with Gasteiger partial charge in [0.25, 0.3) is 5.91 Å². The number of pyridine rings is 1. The summed E-state index contributed by atoms with van der Waals surface area (Å²) in [6.07, 6.45) is 8.47. The molecule has 24 heavy (non-hydrogen) atoms. The third-order valence-electron chi connectivity index (χ3n) is 3.44. The van der Waals surface area contributed by atoms with Crippen LogP contribution in [0.4, 0.5) is 0 Å². The van der Waals surface area contributed by atoms with Crippen molar-refractivity contribution in [2.45, 2.75) is 11.4 Å². The lowest BCUT2D eigenvalue weighted by atomic mass is 10.2. The number of nitrogens with one attached hydrogen (secondary N) is 1. The van der Waals surface area contributed by atoms with E-state index in [-0.39, 0.29) is 5.91 Å². The predicted molar refractivity (Wildman–Crippen MR) is 94.7 cm³/mol. The Bertz CT molecular complexity index is 822. The molecule has 1 aromatic carbocycles. The number of benzene rings is 1. The largest absolute Gasteiger partial charge is 0.348 e. The molecule has 0 spiro atoms. The van der Waals surface area contributed by atoms with Crippen molar-refractivity contribution in [3.8, 4) is 11.4 Å². The Hall–Kier alpha value is -2.73. The van der Waals surface area contributed by atoms with Crippen molar-refractivity contribution in [3.05, 3.63) is 72.3 Å². The third-order valence-corrected chi connectivity index (χ3v) is 4.17. The summed E-state index contributed by atoms with van der Waals surface area (Å²) in [5, 5.41) is 2.89. The second-order valence-corrected chi connectivity index (χ2v) is 5.95. The van der Waals surface area contributed by atoms with Crippen molar-refractivity contribution in [1.29, 1.82) is 0 Å². The van der Waals surface area contributed by atoms with Crippen LogP contribution < -0.4 is 5.32 Å². The maximum absolute atomic E-state index is 12.2. The quantitative estimate of drug-likeness (QED) is 0.725. The lowest BCUT2D eigenvalue weighted by molar-refractivity contribution is 0.0950. The van der Waals surface area contributed by atoms with Gasteiger partial charge in [-0.3, -0.25) is 9.78 Å². The van der Waals surface area contributed by atoms with Crippen LogP contribution in [0, 0.1) is 0 Å². The minimum Gasteiger partial charge on any atom is -0.348 e. The molecule has 120 valence electrons. The number of rotatable bonds is 5. The lowest BCUT2D eigenvalue weighted by Crippen LogP contribution is -2.23. The molecule has 0 saturated carbocycles. The van der Waals surface area contributed by atoms with Crippen molar-refractivity contribution >= 4 is 17.7 Å². The van der Waals surface area contributed by atoms with E-state index in [1.807, 2.05) is 36.6 Å². The van der Waals surface area contributed by atoms with Gasteiger partial charge in [-0.15, -0.1) is 11.8 Å². The molecule has 3 aromatic rings. The highest BCUT2D eigenvalue weighted by atomic mass is 32.2. The zero-order chi connectivity index (χ0) is 16.8. The molecule has 0 fully saturated rings. The van der Waals surface area contributed by atoms with E-state index < -0.39 is 0 Å². The Morgan fingerprint density at radius 1 is 1.12 bits per heavy atom. The lowest BCUT2D eigenvalue weighted by Gasteiger charge is -2.07. The SMILES string of the molecule is CSc1cccc(CNC(=O)c2cnc(-c3ccncc3)nc2)c1. The molecule has 1 amide bonds. The van der Waals surface area contributed by atoms with Gasteiger partial charge < -0.3 is 5.32 Å². The second kappa shape index (κ2) is 7.70. The van der Waals surface area contributed by atoms with Gasteiger partial charge in [0.05, 0.1) is 5.56 Å². The fraction of sp³-hybridized carbons (Fsp3) is 0.111. The summed E-state index contributed by atoms with van der Waals surface area (Å²) in [7, 11) is 0. The van der Waals surface area contributed by atoms with Crippen molar-refractivity contribution in [2.24, 2.45) is 0 Å². The van der Waals surface area contributed by atoms with Crippen LogP contribution in [0.25, 0.3) is 11.4 Å². The molecule has 3 rings (SSSR count). The van der Waals surface area contributed by atoms with Gasteiger partial charge in [-0.25, -0.2) is 9.97 Å². The van der Waals surface area contributed by atoms with Crippen LogP contribution in [0.5, 0.6) is 0 Å². The maximum atomic E-state index is 12.2. The molecule has 0 radical (unpaired) electrons. The summed E-state index contributed by atoms with van der Waals surface area (Å²) in [6.45, 7) is 0.472. The first-order chi connectivity index (χ1) is 11.8. The number of amides is 1. The van der Waals surface area contributed by atoms with E-state index in [1.54, 1.807) is 24.2 Å². The van der Waals surface area contributed by atoms with Crippen LogP contribution in [-0.4, -0.2) is 27.1 Å². The molecule has 0 saturated heterocycles. The van der Waals surface area contributed by atoms with Crippen LogP contribution in [0.2, 0.25) is 0 Å². The summed E-state index contributed by atoms with van der Waals surface area (Å²) in [5.41, 5.74) is 2.36. The van der Waals surface area contributed by atoms with Crippen LogP contribution in [0.15, 0.2) is 66.1 Å². The molecule has 0 aliphatic heterocycles. The van der Waals surface area contributed by atoms with Crippen molar-refractivity contribution in [1.82, 2.24) is 20.3 Å². The zero-order valence-corrected chi connectivity index (χ0v) is 14.0. The number of carbonyl (C=O) groups is 1. The highest BCUT2D eigenvalue weighted by molar-refractivity contribution is 7.98. The average molecular weight is 336 g/mol. The van der Waals surface area contributed by atoms with E-state index in [0.717, 1.165) is 11.1 Å². The van der Waals surface area contributed by atoms with Gasteiger partial charge in [-0.05, 0) is 36.1 Å². The Kier molecular flexibility index (Phi) is 5.18. The van der Waals surface area contributed by atoms with Gasteiger partial charge in [0, 0.05) is 41.8 Å². The van der Waals surface area contributed by atoms with Crippen molar-refractivity contribution in [3.63, 3.8) is 0 Å². The maximum Gasteiger partial charge on any atom is 0.254 e. The normalized spacial score (nSPS) is 10.4. The van der Waals surface area contributed by atoms with Gasteiger partial charge in [-0.1, -0.05) is 12.1 Å². The van der Waals surface area contributed by atoms with Gasteiger partial charge in [0.15, 0.2) is 5.82 Å². The minimum atomic E-state index is -0.189. The fourth-order valence-corrected chi connectivity index (χ4v) is 2.65. The molecule has 0 bridgehead atoms. The van der Waals surface area contributed by atoms with E-state index in [0.29, 0.717) is 17.9 Å². The summed E-state index contributed by atoms with van der Waals surface area (Å²) < 4.78 is 0. The first-order valence-electron chi connectivity index (χ1n) is 7.40. The van der Waals surface area contributed by atoms with E-state index in [9.17, 15) is 4.79 Å². The number of carbonyl (C=O) groups excluding carboxylic acids is 1. The molecule has 2 aromatic heterocycles. The standard InChI is InChI=1S/C18H16N4OS/c1-24-16-4-2-3-13(9-16)10-22-18(23)15-11-20-17(21-12-15)14-5-7-19-8-6-14/h2-9,11-12H,10H2,1H3,(H,22,23). The van der Waals surface area contributed by atoms with Crippen LogP contribution in [-0.2, 0) is 6.54 Å². The molecule has 0 aliphatic carbocycles. The summed E-state index contributed by atoms with van der Waals surface area (Å²) in [5.74, 6) is 0.382. The number of hydrogen-bond acceptors (Lipinski definition) is 5. The number of hydrogen-bond donors (Lipinski definition) is 1. The van der Waals surface area contributed by atoms with Gasteiger partial charge in [-0.2, -0.15) is 0 Å². The predicted octanol–water partition coefficient (Wildman–Crippen LogP) is 3.19. The summed E-state index contributed by atoms with van der Waals surface area (Å²) in [6, 6.07) is 11.7. The Balaban J connectivity index is 1.65. The van der Waals surface area contributed by atoms with Gasteiger partial charge in [0.2, 0.25) is 0 Å². The molecule has 0 unspecified atom stereocenters. The fourth-order valence-electron chi connectivity index (χ4n) is 2.16. The van der Waals surface area contributed by atoms with Crippen molar-refractivity contribution < 1.29 is 4.79 Å². The monoisotopic (exact) mass is 336 g/mol. The van der Waals surface area contributed by atoms with E-state index in [4.69, 9.17) is 0 Å². The highest BCUT2D eigenvalue weighted by Gasteiger charge is 2.08. The van der Waals surface area contributed by atoms with Gasteiger partial charge >= 0.3 is 0 Å². The first-order valence-corrected chi connectivity index (χ1v) is 8.62. The molecule has 1 N–H and O–H groups in total. The Labute approximate surface area is 144 Å². The third kappa shape index (κ3) is 3.97. The number of nitrogens with zero attached hydrogens (tertiary/aromatic N) is 3. The van der Waals surface area contributed by atoms with Crippen LogP contribution in [0.1, 0.15) is 15.9 Å². The molecule has 5 nitrogen and oxygen atoms in total. The molecule has 0 atom stereocenters. The van der Waals surface area contributed by atoms with Crippen LogP contribution in [0.3, 0.4) is 0 Å². The number of aromatic nitrogens is 3. The second-order valence-electron chi connectivity index (χ2n) is 5.07. The van der Waals surface area contributed by atoms with Gasteiger partial charge in [0.1, 0.15) is 0 Å². The molecule has 0 aliphatic rings. The highest BCUT2D eigenvalue weighted by Crippen LogP contribution is 2.16. The molecule has 2 heterocycles. The average Bonchev–Trinajstić information content (AvgIpc) is 2.67. The molecular weight excluding hydrogens is 320 g/mol. The van der Waals surface area contributed by atoms with E-state index in [1.165, 1.54) is 17.3 Å². The Morgan fingerprint density at radius 2 is 1.88 bits per heavy atom. The molecular formula is C18H16N4OS. The van der Waals surface area contributed by atoms with E-state index in [2.05, 4.69) is 26.3 Å². The van der Waals surface area contributed by atoms with Crippen molar-refractivity contribution in [2.75, 3.05) is 6.26 Å². The van der Waals surface area contributed by atoms with Crippen LogP contribution >= 0.6 is 11.8 Å². The Morgan fingerprint density at radius 3 is 2.58 bits per heavy atom.